The Morgan fingerprint density at radius 3 is 2.08 bits per heavy atom. The van der Waals surface area contributed by atoms with Gasteiger partial charge in [-0.2, -0.15) is 0 Å². The van der Waals surface area contributed by atoms with Gasteiger partial charge >= 0.3 is 0 Å². The molecule has 0 spiro atoms. The third-order valence-electron chi connectivity index (χ3n) is 3.93. The minimum Gasteiger partial charge on any atom is -0.493 e. The van der Waals surface area contributed by atoms with E-state index in [0.29, 0.717) is 41.0 Å². The largest absolute Gasteiger partial charge is 0.493 e. The van der Waals surface area contributed by atoms with Crippen molar-refractivity contribution in [1.29, 1.82) is 0 Å². The van der Waals surface area contributed by atoms with Gasteiger partial charge in [-0.3, -0.25) is 0 Å². The highest BCUT2D eigenvalue weighted by molar-refractivity contribution is 5.86. The number of aromatic nitrogens is 2. The molecule has 136 valence electrons. The molecule has 1 heterocycles. The van der Waals surface area contributed by atoms with Crippen molar-refractivity contribution in [3.05, 3.63) is 42.2 Å². The number of benzene rings is 2. The van der Waals surface area contributed by atoms with Crippen LogP contribution in [0.5, 0.6) is 28.9 Å². The van der Waals surface area contributed by atoms with E-state index >= 15 is 0 Å². The van der Waals surface area contributed by atoms with Crippen LogP contribution in [0.4, 0.5) is 0 Å². The van der Waals surface area contributed by atoms with Gasteiger partial charge in [-0.05, 0) is 23.8 Å². The van der Waals surface area contributed by atoms with E-state index in [9.17, 15) is 0 Å². The molecule has 1 aromatic heterocycles. The van der Waals surface area contributed by atoms with Gasteiger partial charge in [0, 0.05) is 6.07 Å². The monoisotopic (exact) mass is 356 g/mol. The van der Waals surface area contributed by atoms with Gasteiger partial charge < -0.3 is 23.7 Å². The molecule has 0 aliphatic rings. The second-order valence-electron chi connectivity index (χ2n) is 5.38. The van der Waals surface area contributed by atoms with E-state index in [1.807, 2.05) is 18.2 Å². The summed E-state index contributed by atoms with van der Waals surface area (Å²) in [5.74, 6) is 2.97. The topological polar surface area (TPSA) is 71.9 Å². The normalized spacial score (nSPS) is 10.5. The molecule has 0 radical (unpaired) electrons. The average molecular weight is 356 g/mol. The van der Waals surface area contributed by atoms with Crippen molar-refractivity contribution in [2.75, 3.05) is 28.4 Å². The Bertz CT molecular complexity index is 914. The van der Waals surface area contributed by atoms with Crippen molar-refractivity contribution in [1.82, 2.24) is 9.97 Å². The summed E-state index contributed by atoms with van der Waals surface area (Å²) in [5.41, 5.74) is 1.63. The van der Waals surface area contributed by atoms with Crippen LogP contribution >= 0.6 is 0 Å². The molecule has 26 heavy (non-hydrogen) atoms. The Labute approximate surface area is 151 Å². The highest BCUT2D eigenvalue weighted by Gasteiger charge is 2.12. The molecule has 2 aromatic carbocycles. The van der Waals surface area contributed by atoms with E-state index in [0.717, 1.165) is 10.9 Å². The molecular weight excluding hydrogens is 336 g/mol. The molecule has 0 bridgehead atoms. The van der Waals surface area contributed by atoms with Crippen molar-refractivity contribution < 1.29 is 23.7 Å². The number of hydrogen-bond donors (Lipinski definition) is 0. The molecule has 0 fully saturated rings. The van der Waals surface area contributed by atoms with Crippen LogP contribution < -0.4 is 23.7 Å². The summed E-state index contributed by atoms with van der Waals surface area (Å²) in [7, 11) is 6.36. The van der Waals surface area contributed by atoms with E-state index in [4.69, 9.17) is 23.7 Å². The first-order valence-corrected chi connectivity index (χ1v) is 7.90. The standard InChI is InChI=1S/C19H20N2O5/c1-22-15-6-5-12(7-16(15)23-2)10-26-19-13-8-17(24-3)18(25-4)9-14(13)20-11-21-19/h5-9,11H,10H2,1-4H3. The number of rotatable bonds is 7. The molecule has 3 aromatic rings. The first kappa shape index (κ1) is 17.6. The van der Waals surface area contributed by atoms with Gasteiger partial charge in [-0.25, -0.2) is 9.97 Å². The molecule has 0 unspecified atom stereocenters. The first-order chi connectivity index (χ1) is 12.7. The van der Waals surface area contributed by atoms with Gasteiger partial charge in [-0.1, -0.05) is 6.07 Å². The summed E-state index contributed by atoms with van der Waals surface area (Å²) >= 11 is 0. The van der Waals surface area contributed by atoms with Crippen molar-refractivity contribution in [3.63, 3.8) is 0 Å². The molecule has 0 N–H and O–H groups in total. The third kappa shape index (κ3) is 3.42. The predicted molar refractivity (Wildman–Crippen MR) is 96.5 cm³/mol. The van der Waals surface area contributed by atoms with Gasteiger partial charge in [0.15, 0.2) is 23.0 Å². The number of ether oxygens (including phenoxy) is 5. The maximum absolute atomic E-state index is 5.91. The molecule has 7 heteroatoms. The van der Waals surface area contributed by atoms with E-state index in [1.54, 1.807) is 40.6 Å². The summed E-state index contributed by atoms with van der Waals surface area (Å²) < 4.78 is 27.1. The molecule has 3 rings (SSSR count). The first-order valence-electron chi connectivity index (χ1n) is 7.90. The molecule has 0 atom stereocenters. The Morgan fingerprint density at radius 2 is 1.38 bits per heavy atom. The number of hydrogen-bond acceptors (Lipinski definition) is 7. The van der Waals surface area contributed by atoms with Crippen molar-refractivity contribution >= 4 is 10.9 Å². The van der Waals surface area contributed by atoms with Crippen LogP contribution in [0.2, 0.25) is 0 Å². The fourth-order valence-electron chi connectivity index (χ4n) is 2.60. The van der Waals surface area contributed by atoms with E-state index < -0.39 is 0 Å². The van der Waals surface area contributed by atoms with Crippen molar-refractivity contribution in [2.24, 2.45) is 0 Å². The lowest BCUT2D eigenvalue weighted by Crippen LogP contribution is -2.00. The Balaban J connectivity index is 1.89. The van der Waals surface area contributed by atoms with Crippen LogP contribution in [0.15, 0.2) is 36.7 Å². The van der Waals surface area contributed by atoms with Crippen LogP contribution in [-0.2, 0) is 6.61 Å². The number of fused-ring (bicyclic) bond motifs is 1. The molecule has 7 nitrogen and oxygen atoms in total. The predicted octanol–water partition coefficient (Wildman–Crippen LogP) is 3.24. The maximum atomic E-state index is 5.91. The third-order valence-corrected chi connectivity index (χ3v) is 3.93. The molecule has 0 amide bonds. The Morgan fingerprint density at radius 1 is 0.731 bits per heavy atom. The summed E-state index contributed by atoms with van der Waals surface area (Å²) in [6, 6.07) is 9.21. The Hall–Kier alpha value is -3.22. The van der Waals surface area contributed by atoms with Crippen LogP contribution in [-0.4, -0.2) is 38.4 Å². The molecule has 0 saturated carbocycles. The number of nitrogens with zero attached hydrogens (tertiary/aromatic N) is 2. The number of methoxy groups -OCH3 is 4. The quantitative estimate of drug-likeness (QED) is 0.643. The summed E-state index contributed by atoms with van der Waals surface area (Å²) in [6.45, 7) is 0.320. The second-order valence-corrected chi connectivity index (χ2v) is 5.38. The smallest absolute Gasteiger partial charge is 0.224 e. The van der Waals surface area contributed by atoms with Gasteiger partial charge in [0.25, 0.3) is 0 Å². The zero-order valence-corrected chi connectivity index (χ0v) is 15.1. The SMILES string of the molecule is COc1ccc(COc2ncnc3cc(OC)c(OC)cc23)cc1OC. The summed E-state index contributed by atoms with van der Waals surface area (Å²) in [6.07, 6.45) is 1.46. The molecule has 0 aliphatic carbocycles. The lowest BCUT2D eigenvalue weighted by atomic mass is 10.2. The van der Waals surface area contributed by atoms with Gasteiger partial charge in [-0.15, -0.1) is 0 Å². The summed E-state index contributed by atoms with van der Waals surface area (Å²) in [5, 5.41) is 0.741. The lowest BCUT2D eigenvalue weighted by Gasteiger charge is -2.12. The maximum Gasteiger partial charge on any atom is 0.224 e. The minimum atomic E-state index is 0.320. The lowest BCUT2D eigenvalue weighted by molar-refractivity contribution is 0.295. The molecular formula is C19H20N2O5. The van der Waals surface area contributed by atoms with Crippen LogP contribution in [0.25, 0.3) is 10.9 Å². The van der Waals surface area contributed by atoms with Crippen LogP contribution in [0.1, 0.15) is 5.56 Å². The van der Waals surface area contributed by atoms with Gasteiger partial charge in [0.1, 0.15) is 12.9 Å². The van der Waals surface area contributed by atoms with E-state index in [-0.39, 0.29) is 0 Å². The van der Waals surface area contributed by atoms with Crippen molar-refractivity contribution in [2.45, 2.75) is 6.61 Å². The van der Waals surface area contributed by atoms with E-state index in [2.05, 4.69) is 9.97 Å². The van der Waals surface area contributed by atoms with Gasteiger partial charge in [0.2, 0.25) is 5.88 Å². The molecule has 0 aliphatic heterocycles. The van der Waals surface area contributed by atoms with Crippen LogP contribution in [0, 0.1) is 0 Å². The second kappa shape index (κ2) is 7.77. The van der Waals surface area contributed by atoms with Crippen LogP contribution in [0.3, 0.4) is 0 Å². The zero-order chi connectivity index (χ0) is 18.5. The van der Waals surface area contributed by atoms with E-state index in [1.165, 1.54) is 6.33 Å². The van der Waals surface area contributed by atoms with Gasteiger partial charge in [0.05, 0.1) is 39.3 Å². The highest BCUT2D eigenvalue weighted by atomic mass is 16.5. The van der Waals surface area contributed by atoms with Crippen molar-refractivity contribution in [3.8, 4) is 28.9 Å². The molecule has 0 saturated heterocycles. The fourth-order valence-corrected chi connectivity index (χ4v) is 2.60. The Kier molecular flexibility index (Phi) is 5.26. The zero-order valence-electron chi connectivity index (χ0n) is 15.1. The fraction of sp³-hybridized carbons (Fsp3) is 0.263. The minimum absolute atomic E-state index is 0.320. The average Bonchev–Trinajstić information content (AvgIpc) is 2.70. The highest BCUT2D eigenvalue weighted by Crippen LogP contribution is 2.35. The summed E-state index contributed by atoms with van der Waals surface area (Å²) in [4.78, 5) is 8.51.